The fourth-order valence-corrected chi connectivity index (χ4v) is 5.81. The van der Waals surface area contributed by atoms with Gasteiger partial charge >= 0.3 is 0 Å². The van der Waals surface area contributed by atoms with Crippen molar-refractivity contribution in [1.82, 2.24) is 19.8 Å². The molecule has 1 amide bonds. The van der Waals surface area contributed by atoms with Gasteiger partial charge in [0, 0.05) is 64.2 Å². The lowest BCUT2D eigenvalue weighted by Crippen LogP contribution is -2.44. The lowest BCUT2D eigenvalue weighted by Gasteiger charge is -2.35. The van der Waals surface area contributed by atoms with Gasteiger partial charge in [0.1, 0.15) is 6.17 Å². The highest BCUT2D eigenvalue weighted by Crippen LogP contribution is 2.35. The summed E-state index contributed by atoms with van der Waals surface area (Å²) < 4.78 is 14.9. The molecule has 9 heteroatoms. The molecular weight excluding hydrogens is 539 g/mol. The van der Waals surface area contributed by atoms with Gasteiger partial charge in [-0.25, -0.2) is 14.4 Å². The molecule has 3 aliphatic rings. The number of halogens is 2. The van der Waals surface area contributed by atoms with Crippen LogP contribution in [0.1, 0.15) is 40.7 Å². The van der Waals surface area contributed by atoms with E-state index in [0.717, 1.165) is 54.0 Å². The number of hydrogen-bond donors (Lipinski definition) is 1. The van der Waals surface area contributed by atoms with Gasteiger partial charge in [-0.1, -0.05) is 35.9 Å². The molecule has 41 heavy (non-hydrogen) atoms. The van der Waals surface area contributed by atoms with Gasteiger partial charge in [0.05, 0.1) is 18.0 Å². The van der Waals surface area contributed by atoms with Crippen molar-refractivity contribution < 1.29 is 9.18 Å². The van der Waals surface area contributed by atoms with E-state index in [2.05, 4.69) is 22.2 Å². The average molecular weight is 571 g/mol. The van der Waals surface area contributed by atoms with Crippen LogP contribution in [0.25, 0.3) is 11.3 Å². The van der Waals surface area contributed by atoms with E-state index in [-0.39, 0.29) is 11.9 Å². The van der Waals surface area contributed by atoms with Crippen molar-refractivity contribution in [3.63, 3.8) is 0 Å². The number of carbonyl (C=O) groups excluding carboxylic acids is 1. The summed E-state index contributed by atoms with van der Waals surface area (Å²) in [6.45, 7) is 2.33. The van der Waals surface area contributed by atoms with Gasteiger partial charge in [-0.05, 0) is 69.4 Å². The molecule has 1 fully saturated rings. The smallest absolute Gasteiger partial charge is 0.253 e. The third-order valence-electron chi connectivity index (χ3n) is 8.07. The maximum Gasteiger partial charge on any atom is 0.253 e. The molecule has 1 atom stereocenters. The average Bonchev–Trinajstić information content (AvgIpc) is 3.14. The number of nitrogens with one attached hydrogen (secondary N) is 1. The maximum absolute atomic E-state index is 14.9. The van der Waals surface area contributed by atoms with Crippen molar-refractivity contribution in [2.45, 2.75) is 38.0 Å². The predicted octanol–water partition coefficient (Wildman–Crippen LogP) is 6.23. The largest absolute Gasteiger partial charge is 0.339 e. The van der Waals surface area contributed by atoms with Gasteiger partial charge in [-0.15, -0.1) is 0 Å². The number of benzene rings is 2. The zero-order chi connectivity index (χ0) is 28.5. The van der Waals surface area contributed by atoms with E-state index in [1.54, 1.807) is 12.3 Å². The Kier molecular flexibility index (Phi) is 7.69. The van der Waals surface area contributed by atoms with Crippen LogP contribution in [0, 0.1) is 0 Å². The minimum Gasteiger partial charge on any atom is -0.339 e. The van der Waals surface area contributed by atoms with E-state index < -0.39 is 6.17 Å². The first kappa shape index (κ1) is 27.3. The molecule has 0 spiro atoms. The number of hydrogen-bond acceptors (Lipinski definition) is 6. The van der Waals surface area contributed by atoms with Crippen LogP contribution in [0.4, 0.5) is 16.0 Å². The van der Waals surface area contributed by atoms with E-state index in [1.807, 2.05) is 66.6 Å². The summed E-state index contributed by atoms with van der Waals surface area (Å²) in [6.07, 6.45) is 8.38. The first-order valence-electron chi connectivity index (χ1n) is 13.9. The highest BCUT2D eigenvalue weighted by Gasteiger charge is 2.27. The number of anilines is 2. The van der Waals surface area contributed by atoms with Crippen molar-refractivity contribution in [1.29, 1.82) is 0 Å². The van der Waals surface area contributed by atoms with Crippen LogP contribution in [0.3, 0.4) is 0 Å². The van der Waals surface area contributed by atoms with E-state index in [9.17, 15) is 9.18 Å². The molecule has 1 aromatic heterocycles. The van der Waals surface area contributed by atoms with Crippen molar-refractivity contribution in [3.05, 3.63) is 94.2 Å². The summed E-state index contributed by atoms with van der Waals surface area (Å²) in [5.74, 6) is 0.441. The summed E-state index contributed by atoms with van der Waals surface area (Å²) in [5, 5.41) is 3.81. The van der Waals surface area contributed by atoms with E-state index in [0.29, 0.717) is 40.8 Å². The molecule has 7 nitrogen and oxygen atoms in total. The normalized spacial score (nSPS) is 19.0. The minimum atomic E-state index is -1.13. The minimum absolute atomic E-state index is 0.0255. The van der Waals surface area contributed by atoms with Crippen molar-refractivity contribution in [3.8, 4) is 11.3 Å². The molecule has 1 N–H and O–H groups in total. The fraction of sp³-hybridized carbons (Fsp3) is 0.312. The Morgan fingerprint density at radius 3 is 2.66 bits per heavy atom. The molecule has 0 radical (unpaired) electrons. The topological polar surface area (TPSA) is 73.7 Å². The van der Waals surface area contributed by atoms with Crippen molar-refractivity contribution in [2.24, 2.45) is 4.99 Å². The van der Waals surface area contributed by atoms with Crippen LogP contribution < -0.4 is 5.32 Å². The second-order valence-corrected chi connectivity index (χ2v) is 11.3. The first-order chi connectivity index (χ1) is 19.9. The number of aliphatic imine (C=N–C) groups is 1. The number of allylic oxidation sites excluding steroid dienone is 4. The number of aromatic nitrogens is 2. The molecule has 6 rings (SSSR count). The summed E-state index contributed by atoms with van der Waals surface area (Å²) in [4.78, 5) is 31.4. The second kappa shape index (κ2) is 11.5. The third kappa shape index (κ3) is 5.67. The van der Waals surface area contributed by atoms with Gasteiger partial charge < -0.3 is 15.1 Å². The molecule has 2 aliphatic heterocycles. The Morgan fingerprint density at radius 2 is 1.90 bits per heavy atom. The molecule has 1 saturated heterocycles. The van der Waals surface area contributed by atoms with Gasteiger partial charge in [-0.2, -0.15) is 0 Å². The summed E-state index contributed by atoms with van der Waals surface area (Å²) in [7, 11) is 4.01. The highest BCUT2D eigenvalue weighted by molar-refractivity contribution is 6.31. The molecular formula is C32H32ClFN6O. The van der Waals surface area contributed by atoms with Gasteiger partial charge in [0.2, 0.25) is 5.95 Å². The van der Waals surface area contributed by atoms with Crippen LogP contribution >= 0.6 is 11.6 Å². The summed E-state index contributed by atoms with van der Waals surface area (Å²) in [5.41, 5.74) is 5.70. The lowest BCUT2D eigenvalue weighted by molar-refractivity contribution is 0.0659. The Hall–Kier alpha value is -3.88. The number of alkyl halides is 1. The van der Waals surface area contributed by atoms with Crippen molar-refractivity contribution in [2.75, 3.05) is 32.5 Å². The Morgan fingerprint density at radius 1 is 1.12 bits per heavy atom. The number of likely N-dealkylation sites (tertiary alicyclic amines) is 1. The molecule has 1 aliphatic carbocycles. The first-order valence-corrected chi connectivity index (χ1v) is 14.3. The molecule has 3 heterocycles. The van der Waals surface area contributed by atoms with Crippen LogP contribution in [0.15, 0.2) is 77.5 Å². The van der Waals surface area contributed by atoms with Crippen LogP contribution in [0.5, 0.6) is 0 Å². The summed E-state index contributed by atoms with van der Waals surface area (Å²) >= 11 is 6.38. The number of fused-ring (bicyclic) bond motifs is 3. The Bertz CT molecular complexity index is 1560. The van der Waals surface area contributed by atoms with Gasteiger partial charge in [-0.3, -0.25) is 9.79 Å². The van der Waals surface area contributed by atoms with E-state index in [1.165, 1.54) is 0 Å². The number of nitrogens with zero attached hydrogens (tertiary/aromatic N) is 5. The van der Waals surface area contributed by atoms with Crippen LogP contribution in [-0.2, 0) is 6.54 Å². The highest BCUT2D eigenvalue weighted by atomic mass is 35.5. The van der Waals surface area contributed by atoms with Gasteiger partial charge in [0.25, 0.3) is 5.91 Å². The van der Waals surface area contributed by atoms with E-state index in [4.69, 9.17) is 21.6 Å². The summed E-state index contributed by atoms with van der Waals surface area (Å²) in [6, 6.07) is 13.2. The molecule has 2 aromatic carbocycles. The zero-order valence-electron chi connectivity index (χ0n) is 23.1. The monoisotopic (exact) mass is 570 g/mol. The lowest BCUT2D eigenvalue weighted by atomic mass is 9.90. The van der Waals surface area contributed by atoms with Gasteiger partial charge in [0.15, 0.2) is 0 Å². The van der Waals surface area contributed by atoms with Crippen LogP contribution in [-0.4, -0.2) is 70.8 Å². The SMILES string of the molecule is CN1CCC(N(C)C(=O)c2ccc(Nc3ncc4c(n3)-c3ccc(Cl)cc3C(C3=CC=CCC3F)=NC4)cc2)CC1. The zero-order valence-corrected chi connectivity index (χ0v) is 23.9. The number of piperidine rings is 1. The Balaban J connectivity index is 1.23. The molecule has 0 bridgehead atoms. The van der Waals surface area contributed by atoms with Crippen LogP contribution in [0.2, 0.25) is 5.02 Å². The van der Waals surface area contributed by atoms with E-state index >= 15 is 0 Å². The Labute approximate surface area is 244 Å². The molecule has 210 valence electrons. The third-order valence-corrected chi connectivity index (χ3v) is 8.31. The number of carbonyl (C=O) groups is 1. The van der Waals surface area contributed by atoms with Crippen molar-refractivity contribution >= 4 is 34.9 Å². The predicted molar refractivity (Wildman–Crippen MR) is 162 cm³/mol. The number of rotatable bonds is 5. The molecule has 1 unspecified atom stereocenters. The number of amides is 1. The fourth-order valence-electron chi connectivity index (χ4n) is 5.64. The second-order valence-electron chi connectivity index (χ2n) is 10.8. The maximum atomic E-state index is 14.9. The molecule has 0 saturated carbocycles. The molecule has 3 aromatic rings. The standard InChI is InChI=1S/C32H32ClFN6O/c1-39-15-13-24(14-16-39)40(2)31(41)20-7-10-23(11-8-20)37-32-36-19-21-18-35-30(26-5-3-4-6-28(26)34)27-17-22(33)9-12-25(27)29(21)38-32/h3-5,7-12,17,19,24,28H,6,13-16,18H2,1-2H3,(H,36,37,38). The quantitative estimate of drug-likeness (QED) is 0.393.